The van der Waals surface area contributed by atoms with Gasteiger partial charge in [0.1, 0.15) is 10.8 Å². The maximum absolute atomic E-state index is 5.21. The number of aliphatic imine (C=N–C) groups is 1. The SMILES string of the molecule is COc1ccc(-c2nnc(/N=C/c3ccc(N(c4ccccc4)c4ccccc4)cc3)s2)cc1. The lowest BCUT2D eigenvalue weighted by Crippen LogP contribution is -2.09. The standard InChI is InChI=1S/C28H22N4OS/c1-33-26-18-14-22(15-19-26)27-30-31-28(34-27)29-20-21-12-16-25(17-13-21)32(23-8-4-2-5-9-23)24-10-6-3-7-11-24/h2-20H,1H3/b29-20+. The first-order valence-corrected chi connectivity index (χ1v) is 11.6. The Morgan fingerprint density at radius 3 is 1.88 bits per heavy atom. The Morgan fingerprint density at radius 2 is 1.29 bits per heavy atom. The summed E-state index contributed by atoms with van der Waals surface area (Å²) in [5.41, 5.74) is 5.27. The maximum atomic E-state index is 5.21. The van der Waals surface area contributed by atoms with Gasteiger partial charge in [0.05, 0.1) is 7.11 Å². The summed E-state index contributed by atoms with van der Waals surface area (Å²) in [6.45, 7) is 0. The normalized spacial score (nSPS) is 11.0. The van der Waals surface area contributed by atoms with Gasteiger partial charge in [-0.25, -0.2) is 4.99 Å². The highest BCUT2D eigenvalue weighted by Gasteiger charge is 2.11. The molecule has 5 aromatic rings. The second-order valence-corrected chi connectivity index (χ2v) is 8.43. The molecular weight excluding hydrogens is 440 g/mol. The van der Waals surface area contributed by atoms with E-state index in [1.807, 2.05) is 42.6 Å². The van der Waals surface area contributed by atoms with Crippen LogP contribution in [0.5, 0.6) is 5.75 Å². The van der Waals surface area contributed by atoms with Gasteiger partial charge in [-0.2, -0.15) is 0 Å². The molecule has 0 fully saturated rings. The molecular formula is C28H22N4OS. The first-order valence-electron chi connectivity index (χ1n) is 10.8. The first-order chi connectivity index (χ1) is 16.8. The van der Waals surface area contributed by atoms with E-state index in [-0.39, 0.29) is 0 Å². The molecule has 1 aromatic heterocycles. The van der Waals surface area contributed by atoms with Crippen molar-refractivity contribution in [1.82, 2.24) is 10.2 Å². The predicted octanol–water partition coefficient (Wildman–Crippen LogP) is 7.43. The van der Waals surface area contributed by atoms with Gasteiger partial charge in [0, 0.05) is 28.8 Å². The van der Waals surface area contributed by atoms with Gasteiger partial charge >= 0.3 is 0 Å². The fraction of sp³-hybridized carbons (Fsp3) is 0.0357. The summed E-state index contributed by atoms with van der Waals surface area (Å²) in [6.07, 6.45) is 1.82. The van der Waals surface area contributed by atoms with E-state index in [4.69, 9.17) is 4.74 Å². The van der Waals surface area contributed by atoms with Crippen LogP contribution in [0.25, 0.3) is 10.6 Å². The Morgan fingerprint density at radius 1 is 0.706 bits per heavy atom. The molecule has 0 bridgehead atoms. The molecule has 0 aliphatic rings. The molecule has 0 unspecified atom stereocenters. The van der Waals surface area contributed by atoms with E-state index in [0.29, 0.717) is 5.13 Å². The summed E-state index contributed by atoms with van der Waals surface area (Å²) in [4.78, 5) is 6.76. The second-order valence-electron chi connectivity index (χ2n) is 7.47. The predicted molar refractivity (Wildman–Crippen MR) is 140 cm³/mol. The van der Waals surface area contributed by atoms with Gasteiger partial charge < -0.3 is 9.64 Å². The van der Waals surface area contributed by atoms with Crippen molar-refractivity contribution in [2.24, 2.45) is 4.99 Å². The Hall–Kier alpha value is -4.29. The van der Waals surface area contributed by atoms with Crippen LogP contribution in [0.1, 0.15) is 5.56 Å². The minimum atomic E-state index is 0.616. The lowest BCUT2D eigenvalue weighted by Gasteiger charge is -2.25. The number of rotatable bonds is 7. The smallest absolute Gasteiger partial charge is 0.231 e. The fourth-order valence-electron chi connectivity index (χ4n) is 3.56. The van der Waals surface area contributed by atoms with E-state index in [1.54, 1.807) is 7.11 Å². The maximum Gasteiger partial charge on any atom is 0.231 e. The molecule has 5 rings (SSSR count). The molecule has 0 aliphatic carbocycles. The molecule has 0 spiro atoms. The minimum Gasteiger partial charge on any atom is -0.497 e. The molecule has 0 saturated carbocycles. The van der Waals surface area contributed by atoms with E-state index in [1.165, 1.54) is 11.3 Å². The second kappa shape index (κ2) is 10.1. The van der Waals surface area contributed by atoms with Crippen LogP contribution >= 0.6 is 11.3 Å². The molecule has 166 valence electrons. The van der Waals surface area contributed by atoms with Crippen LogP contribution in [0.2, 0.25) is 0 Å². The number of aromatic nitrogens is 2. The van der Waals surface area contributed by atoms with Gasteiger partial charge in [0.25, 0.3) is 0 Å². The van der Waals surface area contributed by atoms with E-state index in [9.17, 15) is 0 Å². The Kier molecular flexibility index (Phi) is 6.40. The average molecular weight is 463 g/mol. The number of methoxy groups -OCH3 is 1. The fourth-order valence-corrected chi connectivity index (χ4v) is 4.25. The number of para-hydroxylation sites is 2. The van der Waals surface area contributed by atoms with Gasteiger partial charge in [-0.3, -0.25) is 0 Å². The Labute approximate surface area is 202 Å². The first kappa shape index (κ1) is 21.6. The van der Waals surface area contributed by atoms with Crippen molar-refractivity contribution in [1.29, 1.82) is 0 Å². The van der Waals surface area contributed by atoms with Crippen molar-refractivity contribution in [3.8, 4) is 16.3 Å². The van der Waals surface area contributed by atoms with Crippen LogP contribution in [-0.2, 0) is 0 Å². The molecule has 0 N–H and O–H groups in total. The average Bonchev–Trinajstić information content (AvgIpc) is 3.39. The molecule has 0 aliphatic heterocycles. The number of benzene rings is 4. The zero-order valence-electron chi connectivity index (χ0n) is 18.6. The molecule has 4 aromatic carbocycles. The molecule has 5 nitrogen and oxygen atoms in total. The van der Waals surface area contributed by atoms with E-state index < -0.39 is 0 Å². The highest BCUT2D eigenvalue weighted by Crippen LogP contribution is 2.34. The highest BCUT2D eigenvalue weighted by molar-refractivity contribution is 7.18. The van der Waals surface area contributed by atoms with Crippen LogP contribution in [0.15, 0.2) is 114 Å². The van der Waals surface area contributed by atoms with Gasteiger partial charge in [-0.15, -0.1) is 10.2 Å². The Balaban J connectivity index is 1.35. The van der Waals surface area contributed by atoms with Crippen molar-refractivity contribution in [2.75, 3.05) is 12.0 Å². The quantitative estimate of drug-likeness (QED) is 0.236. The molecule has 0 amide bonds. The van der Waals surface area contributed by atoms with Crippen molar-refractivity contribution in [3.63, 3.8) is 0 Å². The van der Waals surface area contributed by atoms with Gasteiger partial charge in [-0.1, -0.05) is 59.9 Å². The summed E-state index contributed by atoms with van der Waals surface area (Å²) in [5.74, 6) is 0.813. The molecule has 1 heterocycles. The lowest BCUT2D eigenvalue weighted by atomic mass is 10.1. The summed E-state index contributed by atoms with van der Waals surface area (Å²) >= 11 is 1.45. The number of hydrogen-bond donors (Lipinski definition) is 0. The number of ether oxygens (including phenoxy) is 1. The van der Waals surface area contributed by atoms with Crippen molar-refractivity contribution >= 4 is 39.7 Å². The summed E-state index contributed by atoms with van der Waals surface area (Å²) in [7, 11) is 1.65. The summed E-state index contributed by atoms with van der Waals surface area (Å²) in [5, 5.41) is 9.91. The van der Waals surface area contributed by atoms with Gasteiger partial charge in [0.15, 0.2) is 0 Å². The molecule has 6 heteroatoms. The van der Waals surface area contributed by atoms with Crippen LogP contribution < -0.4 is 9.64 Å². The molecule has 0 radical (unpaired) electrons. The van der Waals surface area contributed by atoms with E-state index in [0.717, 1.165) is 38.9 Å². The Bertz CT molecular complexity index is 1330. The third-order valence-corrected chi connectivity index (χ3v) is 6.14. The third kappa shape index (κ3) is 4.87. The molecule has 0 saturated heterocycles. The van der Waals surface area contributed by atoms with Crippen molar-refractivity contribution in [2.45, 2.75) is 0 Å². The summed E-state index contributed by atoms with van der Waals surface area (Å²) < 4.78 is 5.21. The topological polar surface area (TPSA) is 50.6 Å². The minimum absolute atomic E-state index is 0.616. The number of anilines is 3. The highest BCUT2D eigenvalue weighted by atomic mass is 32.1. The van der Waals surface area contributed by atoms with Crippen LogP contribution in [0, 0.1) is 0 Å². The van der Waals surface area contributed by atoms with Gasteiger partial charge in [0.2, 0.25) is 5.13 Å². The largest absolute Gasteiger partial charge is 0.497 e. The lowest BCUT2D eigenvalue weighted by molar-refractivity contribution is 0.415. The zero-order valence-corrected chi connectivity index (χ0v) is 19.4. The molecule has 34 heavy (non-hydrogen) atoms. The molecule has 0 atom stereocenters. The van der Waals surface area contributed by atoms with Crippen molar-refractivity contribution < 1.29 is 4.74 Å². The van der Waals surface area contributed by atoms with E-state index in [2.05, 4.69) is 92.9 Å². The number of nitrogens with zero attached hydrogens (tertiary/aromatic N) is 4. The van der Waals surface area contributed by atoms with Crippen LogP contribution in [0.4, 0.5) is 22.2 Å². The third-order valence-electron chi connectivity index (χ3n) is 5.26. The van der Waals surface area contributed by atoms with Crippen molar-refractivity contribution in [3.05, 3.63) is 115 Å². The monoisotopic (exact) mass is 462 g/mol. The number of hydrogen-bond acceptors (Lipinski definition) is 6. The van der Waals surface area contributed by atoms with Crippen LogP contribution in [-0.4, -0.2) is 23.5 Å². The van der Waals surface area contributed by atoms with Crippen LogP contribution in [0.3, 0.4) is 0 Å². The zero-order chi connectivity index (χ0) is 23.2. The van der Waals surface area contributed by atoms with Gasteiger partial charge in [-0.05, 0) is 66.2 Å². The van der Waals surface area contributed by atoms with E-state index >= 15 is 0 Å². The summed E-state index contributed by atoms with van der Waals surface area (Å²) in [6, 6.07) is 36.8.